The third kappa shape index (κ3) is 29.8. The Morgan fingerprint density at radius 1 is 0.511 bits per heavy atom. The molecule has 0 radical (unpaired) electrons. The van der Waals surface area contributed by atoms with Gasteiger partial charge in [-0.1, -0.05) is 107 Å². The lowest BCUT2D eigenvalue weighted by molar-refractivity contribution is -0.929. The second-order valence-electron chi connectivity index (χ2n) is 12.7. The number of rotatable bonds is 24. The molecule has 4 aromatic rings. The summed E-state index contributed by atoms with van der Waals surface area (Å²) in [6.07, 6.45) is 26.4. The Labute approximate surface area is 300 Å². The SMILES string of the molecule is CCCC[N+](CCCC)(CCCC)CCCC.CCCC[N+](CCCC)(CCCC)CCCC.O.O=PO.O=[P+]([O-])O.P.p12p3p1p23. The van der Waals surface area contributed by atoms with Crippen molar-refractivity contribution in [2.24, 2.45) is 0 Å². The second kappa shape index (κ2) is 36.0. The highest BCUT2D eigenvalue weighted by Crippen LogP contribution is 3.31. The van der Waals surface area contributed by atoms with Crippen LogP contribution in [-0.2, 0) is 9.13 Å². The summed E-state index contributed by atoms with van der Waals surface area (Å²) in [7, 11) is -3.95. The summed E-state index contributed by atoms with van der Waals surface area (Å²) in [5, 5.41) is 0. The van der Waals surface area contributed by atoms with Gasteiger partial charge in [-0.15, -0.1) is 0 Å². The molecule has 47 heavy (non-hydrogen) atoms. The number of nitrogens with zero attached hydrogens (tertiary/aromatic N) is 2. The molecule has 0 aromatic carbocycles. The zero-order valence-corrected chi connectivity index (χ0v) is 38.7. The van der Waals surface area contributed by atoms with E-state index in [1.54, 1.807) is 0 Å². The highest BCUT2D eigenvalue weighted by molar-refractivity contribution is 9.37. The summed E-state index contributed by atoms with van der Waals surface area (Å²) in [5.74, 6) is 0. The van der Waals surface area contributed by atoms with Gasteiger partial charge in [0.1, 0.15) is 0 Å². The largest absolute Gasteiger partial charge is 0.567 e. The van der Waals surface area contributed by atoms with Gasteiger partial charge in [-0.2, -0.15) is 14.8 Å². The minimum atomic E-state index is -3.12. The summed E-state index contributed by atoms with van der Waals surface area (Å²) in [4.78, 5) is 22.6. The predicted molar refractivity (Wildman–Crippen MR) is 221 cm³/mol. The Morgan fingerprint density at radius 2 is 0.617 bits per heavy atom. The van der Waals surface area contributed by atoms with Crippen LogP contribution in [0, 0.1) is 0 Å². The Kier molecular flexibility index (Phi) is 42.4. The molecule has 0 amide bonds. The van der Waals surface area contributed by atoms with Crippen LogP contribution < -0.4 is 4.89 Å². The van der Waals surface area contributed by atoms with Crippen LogP contribution >= 0.6 is 52.3 Å². The first kappa shape index (κ1) is 55.3. The molecule has 2 unspecified atom stereocenters. The van der Waals surface area contributed by atoms with Crippen molar-refractivity contribution in [3.05, 3.63) is 0 Å². The predicted octanol–water partition coefficient (Wildman–Crippen LogP) is 11.9. The fourth-order valence-electron chi connectivity index (χ4n) is 5.62. The van der Waals surface area contributed by atoms with Crippen molar-refractivity contribution >= 4 is 52.3 Å². The first-order valence-electron chi connectivity index (χ1n) is 18.3. The van der Waals surface area contributed by atoms with Crippen molar-refractivity contribution in [2.45, 2.75) is 158 Å². The summed E-state index contributed by atoms with van der Waals surface area (Å²) >= 11 is 0. The van der Waals surface area contributed by atoms with Crippen LogP contribution in [0.3, 0.4) is 0 Å². The average Bonchev–Trinajstić information content (AvgIpc) is 3.87. The fraction of sp³-hybridized carbons (Fsp3) is 1.00. The molecular formula is C32H79N2O6P7+2. The molecule has 4 N–H and O–H groups in total. The maximum atomic E-state index is 8.59. The maximum Gasteiger partial charge on any atom is 0.485 e. The summed E-state index contributed by atoms with van der Waals surface area (Å²) in [5.41, 5.74) is 0. The van der Waals surface area contributed by atoms with Gasteiger partial charge in [-0.05, 0) is 55.9 Å². The van der Waals surface area contributed by atoms with E-state index in [9.17, 15) is 0 Å². The standard InChI is InChI=1S/2C16H36N.HO3P.HO2P.H2O.P4.H3P/c2*1-5-9-13-17(14-10-6-2,15-11-7-3)16-12-8-4;1-4(2)3;1-3-2;;1-2-3(1)4(1)2;/h2*5-16H2,1-4H3;(H,1,2,3);(H,1,2);1H2;;1H3/q2*+1;;;;;. The van der Waals surface area contributed by atoms with E-state index in [2.05, 4.69) is 55.4 Å². The Bertz CT molecular complexity index is 731. The van der Waals surface area contributed by atoms with Gasteiger partial charge in [-0.25, -0.2) is 4.57 Å². The van der Waals surface area contributed by atoms with Crippen LogP contribution in [0.5, 0.6) is 0 Å². The van der Waals surface area contributed by atoms with Crippen molar-refractivity contribution < 1.29 is 38.3 Å². The number of hydrogen-bond acceptors (Lipinski definition) is 3. The smallest absolute Gasteiger partial charge is 0.485 e. The van der Waals surface area contributed by atoms with Gasteiger partial charge < -0.3 is 24.2 Å². The quantitative estimate of drug-likeness (QED) is 0.0688. The van der Waals surface area contributed by atoms with E-state index >= 15 is 0 Å². The lowest BCUT2D eigenvalue weighted by Gasteiger charge is -2.39. The molecule has 0 aliphatic rings. The molecule has 4 aromatic heterocycles. The molecular weight excluding hydrogens is 725 g/mol. The van der Waals surface area contributed by atoms with Crippen molar-refractivity contribution in [1.29, 1.82) is 0 Å². The van der Waals surface area contributed by atoms with Gasteiger partial charge in [0.15, 0.2) is 0 Å². The van der Waals surface area contributed by atoms with Crippen LogP contribution in [-0.4, -0.2) is 76.6 Å². The van der Waals surface area contributed by atoms with Gasteiger partial charge in [0.25, 0.3) is 0 Å². The monoisotopic (exact) mass is 804 g/mol. The first-order valence-corrected chi connectivity index (χ1v) is 29.8. The molecule has 0 aliphatic carbocycles. The van der Waals surface area contributed by atoms with Crippen molar-refractivity contribution in [3.8, 4) is 0 Å². The van der Waals surface area contributed by atoms with Gasteiger partial charge in [0.05, 0.1) is 52.4 Å². The third-order valence-electron chi connectivity index (χ3n) is 8.73. The van der Waals surface area contributed by atoms with Gasteiger partial charge in [0, 0.05) is 25.5 Å². The van der Waals surface area contributed by atoms with Crippen LogP contribution in [0.2, 0.25) is 0 Å². The lowest BCUT2D eigenvalue weighted by atomic mass is 10.1. The van der Waals surface area contributed by atoms with E-state index in [-0.39, 0.29) is 15.4 Å². The molecule has 0 bridgehead atoms. The summed E-state index contributed by atoms with van der Waals surface area (Å²) < 4.78 is 19.9. The van der Waals surface area contributed by atoms with E-state index in [1.165, 1.54) is 164 Å². The van der Waals surface area contributed by atoms with Gasteiger partial charge in [0.2, 0.25) is 0 Å². The number of hydrogen-bond donors (Lipinski definition) is 2. The first-order chi connectivity index (χ1) is 21.6. The van der Waals surface area contributed by atoms with E-state index in [0.29, 0.717) is 0 Å². The van der Waals surface area contributed by atoms with E-state index < -0.39 is 16.9 Å². The second-order valence-corrected chi connectivity index (χ2v) is 41.2. The van der Waals surface area contributed by atoms with E-state index in [1.807, 2.05) is 0 Å². The Morgan fingerprint density at radius 3 is 0.681 bits per heavy atom. The van der Waals surface area contributed by atoms with Crippen LogP contribution in [0.25, 0.3) is 0 Å². The Hall–Kier alpha value is 1.59. The van der Waals surface area contributed by atoms with E-state index in [4.69, 9.17) is 23.8 Å². The highest BCUT2D eigenvalue weighted by Gasteiger charge is 2.45. The molecule has 15 heteroatoms. The van der Waals surface area contributed by atoms with Gasteiger partial charge >= 0.3 is 16.9 Å². The molecule has 4 heterocycles. The average molecular weight is 805 g/mol. The van der Waals surface area contributed by atoms with Crippen LogP contribution in [0.4, 0.5) is 0 Å². The lowest BCUT2D eigenvalue weighted by Crippen LogP contribution is -2.50. The van der Waals surface area contributed by atoms with Crippen molar-refractivity contribution in [2.75, 3.05) is 52.4 Å². The topological polar surface area (TPSA) is 129 Å². The molecule has 2 atom stereocenters. The van der Waals surface area contributed by atoms with Gasteiger partial charge in [-0.3, -0.25) is 0 Å². The van der Waals surface area contributed by atoms with Crippen molar-refractivity contribution in [1.82, 2.24) is 0 Å². The number of unbranched alkanes of at least 4 members (excludes halogenated alkanes) is 8. The van der Waals surface area contributed by atoms with Crippen molar-refractivity contribution in [3.63, 3.8) is 0 Å². The minimum Gasteiger partial charge on any atom is -0.567 e. The van der Waals surface area contributed by atoms with E-state index in [0.717, 1.165) is 25.5 Å². The molecule has 0 spiro atoms. The normalized spacial score (nSPS) is 13.1. The molecule has 0 saturated heterocycles. The zero-order valence-electron chi connectivity index (χ0n) is 31.9. The fourth-order valence-corrected chi connectivity index (χ4v) is 67.2. The molecule has 0 fully saturated rings. The Balaban J connectivity index is -0.000000284. The molecule has 0 saturated carbocycles. The van der Waals surface area contributed by atoms with Crippen LogP contribution in [0.1, 0.15) is 158 Å². The van der Waals surface area contributed by atoms with Crippen LogP contribution in [0.15, 0.2) is 0 Å². The third-order valence-corrected chi connectivity index (χ3v) is 56.4. The maximum absolute atomic E-state index is 8.59. The molecule has 8 nitrogen and oxygen atoms in total. The summed E-state index contributed by atoms with van der Waals surface area (Å²) in [6, 6.07) is 0. The summed E-state index contributed by atoms with van der Waals surface area (Å²) in [6.45, 7) is 30.0. The highest BCUT2D eigenvalue weighted by atomic mass is 33.4. The molecule has 286 valence electrons. The zero-order chi connectivity index (χ0) is 34.6. The molecule has 0 aliphatic heterocycles. The minimum absolute atomic E-state index is 0. The number of quaternary nitrogens is 2. The molecule has 4 rings (SSSR count).